The summed E-state index contributed by atoms with van der Waals surface area (Å²) in [6.45, 7) is 6.69. The van der Waals surface area contributed by atoms with Gasteiger partial charge in [0, 0.05) is 18.8 Å². The first-order valence-corrected chi connectivity index (χ1v) is 10.5. The Labute approximate surface area is 164 Å². The van der Waals surface area contributed by atoms with Gasteiger partial charge in [-0.2, -0.15) is 0 Å². The molecule has 0 aliphatic carbocycles. The molecule has 0 radical (unpaired) electrons. The first-order valence-electron chi connectivity index (χ1n) is 10.5. The lowest BCUT2D eigenvalue weighted by molar-refractivity contribution is 0.127. The third-order valence-corrected chi connectivity index (χ3v) is 4.46. The summed E-state index contributed by atoms with van der Waals surface area (Å²) in [7, 11) is 0. The Bertz CT molecular complexity index is 611. The molecule has 4 nitrogen and oxygen atoms in total. The average molecular weight is 371 g/mol. The molecule has 27 heavy (non-hydrogen) atoms. The minimum Gasteiger partial charge on any atom is -0.490 e. The van der Waals surface area contributed by atoms with Crippen molar-refractivity contribution in [1.82, 2.24) is 9.97 Å². The van der Waals surface area contributed by atoms with Gasteiger partial charge in [0.25, 0.3) is 0 Å². The highest BCUT2D eigenvalue weighted by Crippen LogP contribution is 2.18. The van der Waals surface area contributed by atoms with Crippen molar-refractivity contribution < 1.29 is 9.47 Å². The first-order chi connectivity index (χ1) is 13.3. The number of aryl methyl sites for hydroxylation is 1. The van der Waals surface area contributed by atoms with Crippen LogP contribution in [0.5, 0.6) is 5.75 Å². The molecule has 148 valence electrons. The first kappa shape index (κ1) is 21.4. The number of aromatic nitrogens is 2. The molecule has 2 aromatic rings. The summed E-state index contributed by atoms with van der Waals surface area (Å²) in [4.78, 5) is 8.89. The van der Waals surface area contributed by atoms with Crippen molar-refractivity contribution in [3.8, 4) is 17.1 Å². The van der Waals surface area contributed by atoms with Gasteiger partial charge in [-0.3, -0.25) is 0 Å². The highest BCUT2D eigenvalue weighted by Gasteiger charge is 2.03. The standard InChI is InChI=1S/C23H34N2O2/c1-3-5-6-7-10-20-11-13-21(14-12-20)23-24-18-22(19-25-23)27-17-9-8-16-26-15-4-2/h11-14,18-19H,3-10,15-17H2,1-2H3. The van der Waals surface area contributed by atoms with Crippen LogP contribution in [-0.4, -0.2) is 29.8 Å². The Kier molecular flexibility index (Phi) is 10.5. The summed E-state index contributed by atoms with van der Waals surface area (Å²) in [5.74, 6) is 1.47. The topological polar surface area (TPSA) is 44.2 Å². The third kappa shape index (κ3) is 8.53. The van der Waals surface area contributed by atoms with E-state index in [-0.39, 0.29) is 0 Å². The monoisotopic (exact) mass is 370 g/mol. The van der Waals surface area contributed by atoms with Crippen molar-refractivity contribution in [1.29, 1.82) is 0 Å². The maximum absolute atomic E-state index is 5.71. The highest BCUT2D eigenvalue weighted by atomic mass is 16.5. The molecule has 4 heteroatoms. The molecule has 1 heterocycles. The van der Waals surface area contributed by atoms with Crippen LogP contribution in [0, 0.1) is 0 Å². The molecule has 2 rings (SSSR count). The van der Waals surface area contributed by atoms with Crippen molar-refractivity contribution in [3.05, 3.63) is 42.2 Å². The maximum Gasteiger partial charge on any atom is 0.159 e. The molecule has 0 fully saturated rings. The van der Waals surface area contributed by atoms with E-state index in [2.05, 4.69) is 48.1 Å². The number of hydrogen-bond donors (Lipinski definition) is 0. The second-order valence-corrected chi connectivity index (χ2v) is 6.92. The van der Waals surface area contributed by atoms with E-state index >= 15 is 0 Å². The van der Waals surface area contributed by atoms with Crippen LogP contribution < -0.4 is 4.74 Å². The Morgan fingerprint density at radius 2 is 1.48 bits per heavy atom. The van der Waals surface area contributed by atoms with Crippen molar-refractivity contribution in [2.45, 2.75) is 65.2 Å². The Morgan fingerprint density at radius 3 is 2.19 bits per heavy atom. The lowest BCUT2D eigenvalue weighted by atomic mass is 10.0. The second-order valence-electron chi connectivity index (χ2n) is 6.92. The minimum atomic E-state index is 0.672. The average Bonchev–Trinajstić information content (AvgIpc) is 2.71. The van der Waals surface area contributed by atoms with Crippen LogP contribution in [-0.2, 0) is 11.2 Å². The molecule has 0 amide bonds. The number of hydrogen-bond acceptors (Lipinski definition) is 4. The van der Waals surface area contributed by atoms with E-state index in [4.69, 9.17) is 9.47 Å². The van der Waals surface area contributed by atoms with Gasteiger partial charge in [-0.05, 0) is 37.7 Å². The zero-order valence-corrected chi connectivity index (χ0v) is 17.0. The van der Waals surface area contributed by atoms with Crippen LogP contribution in [0.1, 0.15) is 64.4 Å². The van der Waals surface area contributed by atoms with Gasteiger partial charge in [-0.1, -0.05) is 57.4 Å². The largest absolute Gasteiger partial charge is 0.490 e. The number of nitrogens with zero attached hydrogens (tertiary/aromatic N) is 2. The van der Waals surface area contributed by atoms with E-state index in [0.29, 0.717) is 6.61 Å². The number of rotatable bonds is 14. The summed E-state index contributed by atoms with van der Waals surface area (Å²) < 4.78 is 11.2. The fraction of sp³-hybridized carbons (Fsp3) is 0.565. The molecular weight excluding hydrogens is 336 g/mol. The zero-order chi connectivity index (χ0) is 19.2. The van der Waals surface area contributed by atoms with Crippen molar-refractivity contribution in [2.24, 2.45) is 0 Å². The lowest BCUT2D eigenvalue weighted by Crippen LogP contribution is -2.02. The second kappa shape index (κ2) is 13.3. The van der Waals surface area contributed by atoms with Gasteiger partial charge >= 0.3 is 0 Å². The van der Waals surface area contributed by atoms with Crippen LogP contribution in [0.2, 0.25) is 0 Å². The molecule has 0 spiro atoms. The molecule has 0 saturated carbocycles. The summed E-state index contributed by atoms with van der Waals surface area (Å²) in [6.07, 6.45) is 12.9. The fourth-order valence-corrected chi connectivity index (χ4v) is 2.86. The zero-order valence-electron chi connectivity index (χ0n) is 17.0. The minimum absolute atomic E-state index is 0.672. The van der Waals surface area contributed by atoms with Gasteiger partial charge in [0.15, 0.2) is 11.6 Å². The Morgan fingerprint density at radius 1 is 0.741 bits per heavy atom. The van der Waals surface area contributed by atoms with Gasteiger partial charge in [-0.15, -0.1) is 0 Å². The highest BCUT2D eigenvalue weighted by molar-refractivity contribution is 5.55. The summed E-state index contributed by atoms with van der Waals surface area (Å²) in [6, 6.07) is 8.61. The van der Waals surface area contributed by atoms with E-state index in [1.54, 1.807) is 12.4 Å². The molecule has 1 aromatic carbocycles. The van der Waals surface area contributed by atoms with Gasteiger partial charge in [0.1, 0.15) is 0 Å². The van der Waals surface area contributed by atoms with Crippen LogP contribution >= 0.6 is 0 Å². The van der Waals surface area contributed by atoms with Crippen LogP contribution in [0.15, 0.2) is 36.7 Å². The number of ether oxygens (including phenoxy) is 2. The van der Waals surface area contributed by atoms with Gasteiger partial charge in [0.05, 0.1) is 19.0 Å². The summed E-state index contributed by atoms with van der Waals surface area (Å²) in [5, 5.41) is 0. The van der Waals surface area contributed by atoms with E-state index < -0.39 is 0 Å². The predicted molar refractivity (Wildman–Crippen MR) is 111 cm³/mol. The van der Waals surface area contributed by atoms with E-state index in [1.165, 1.54) is 31.2 Å². The molecule has 0 bridgehead atoms. The number of unbranched alkanes of at least 4 members (excludes halogenated alkanes) is 4. The normalized spacial score (nSPS) is 10.9. The van der Waals surface area contributed by atoms with Crippen molar-refractivity contribution in [2.75, 3.05) is 19.8 Å². The molecule has 0 saturated heterocycles. The van der Waals surface area contributed by atoms with Crippen molar-refractivity contribution in [3.63, 3.8) is 0 Å². The lowest BCUT2D eigenvalue weighted by Gasteiger charge is -2.07. The summed E-state index contributed by atoms with van der Waals surface area (Å²) in [5.41, 5.74) is 2.43. The van der Waals surface area contributed by atoms with Crippen LogP contribution in [0.3, 0.4) is 0 Å². The van der Waals surface area contributed by atoms with Crippen LogP contribution in [0.4, 0.5) is 0 Å². The van der Waals surface area contributed by atoms with E-state index in [0.717, 1.165) is 56.0 Å². The molecule has 0 atom stereocenters. The molecular formula is C23H34N2O2. The van der Waals surface area contributed by atoms with Gasteiger partial charge < -0.3 is 9.47 Å². The summed E-state index contributed by atoms with van der Waals surface area (Å²) >= 11 is 0. The SMILES string of the molecule is CCCCCCc1ccc(-c2ncc(OCCCCOCCC)cn2)cc1. The van der Waals surface area contributed by atoms with Gasteiger partial charge in [0.2, 0.25) is 0 Å². The smallest absolute Gasteiger partial charge is 0.159 e. The Balaban J connectivity index is 1.72. The molecule has 1 aromatic heterocycles. The van der Waals surface area contributed by atoms with Crippen LogP contribution in [0.25, 0.3) is 11.4 Å². The quantitative estimate of drug-likeness (QED) is 0.391. The molecule has 0 aliphatic heterocycles. The van der Waals surface area contributed by atoms with Gasteiger partial charge in [-0.25, -0.2) is 9.97 Å². The van der Waals surface area contributed by atoms with Crippen molar-refractivity contribution >= 4 is 0 Å². The maximum atomic E-state index is 5.71. The third-order valence-electron chi connectivity index (χ3n) is 4.46. The molecule has 0 N–H and O–H groups in total. The Hall–Kier alpha value is -1.94. The fourth-order valence-electron chi connectivity index (χ4n) is 2.86. The number of benzene rings is 1. The van der Waals surface area contributed by atoms with E-state index in [9.17, 15) is 0 Å². The molecule has 0 aliphatic rings. The van der Waals surface area contributed by atoms with E-state index in [1.807, 2.05) is 0 Å². The predicted octanol–water partition coefficient (Wildman–Crippen LogP) is 5.85. The molecule has 0 unspecified atom stereocenters.